The second-order valence-electron chi connectivity index (χ2n) is 2.22. The first-order valence-electron chi connectivity index (χ1n) is 3.30. The van der Waals surface area contributed by atoms with E-state index in [0.29, 0.717) is 0 Å². The van der Waals surface area contributed by atoms with Gasteiger partial charge in [-0.2, -0.15) is 0 Å². The van der Waals surface area contributed by atoms with Crippen molar-refractivity contribution in [2.45, 2.75) is 0 Å². The highest BCUT2D eigenvalue weighted by Gasteiger charge is 1.95. The van der Waals surface area contributed by atoms with E-state index in [1.165, 1.54) is 0 Å². The molecule has 0 aliphatic rings. The second-order valence-corrected chi connectivity index (χ2v) is 2.22. The van der Waals surface area contributed by atoms with Gasteiger partial charge in [0.15, 0.2) is 0 Å². The first kappa shape index (κ1) is 7.88. The van der Waals surface area contributed by atoms with E-state index in [4.69, 9.17) is 9.94 Å². The molecule has 1 aromatic rings. The van der Waals surface area contributed by atoms with Crippen molar-refractivity contribution in [1.82, 2.24) is 0 Å². The van der Waals surface area contributed by atoms with Gasteiger partial charge < -0.3 is 4.74 Å². The van der Waals surface area contributed by atoms with Crippen LogP contribution in [0.1, 0.15) is 0 Å². The van der Waals surface area contributed by atoms with Crippen molar-refractivity contribution in [2.75, 3.05) is 19.2 Å². The molecule has 3 nitrogen and oxygen atoms in total. The Hall–Kier alpha value is -1.22. The Labute approximate surface area is 65.8 Å². The van der Waals surface area contributed by atoms with Crippen molar-refractivity contribution in [3.05, 3.63) is 24.3 Å². The third-order valence-corrected chi connectivity index (χ3v) is 1.45. The quantitative estimate of drug-likeness (QED) is 0.654. The number of hydrogen-bond acceptors (Lipinski definition) is 3. The summed E-state index contributed by atoms with van der Waals surface area (Å²) in [6.07, 6.45) is 0. The van der Waals surface area contributed by atoms with Crippen molar-refractivity contribution < 1.29 is 9.94 Å². The van der Waals surface area contributed by atoms with Crippen LogP contribution in [0.4, 0.5) is 5.69 Å². The highest BCUT2D eigenvalue weighted by Crippen LogP contribution is 2.16. The molecule has 0 radical (unpaired) electrons. The van der Waals surface area contributed by atoms with Crippen molar-refractivity contribution in [2.24, 2.45) is 0 Å². The zero-order valence-electron chi connectivity index (χ0n) is 6.61. The summed E-state index contributed by atoms with van der Waals surface area (Å²) >= 11 is 0. The van der Waals surface area contributed by atoms with E-state index in [2.05, 4.69) is 0 Å². The Kier molecular flexibility index (Phi) is 2.33. The molecule has 0 aliphatic carbocycles. The van der Waals surface area contributed by atoms with Gasteiger partial charge in [-0.05, 0) is 24.3 Å². The number of anilines is 1. The Bertz CT molecular complexity index is 218. The van der Waals surface area contributed by atoms with Gasteiger partial charge in [-0.15, -0.1) is 0 Å². The second kappa shape index (κ2) is 3.25. The molecule has 0 heterocycles. The molecule has 0 saturated carbocycles. The predicted molar refractivity (Wildman–Crippen MR) is 43.2 cm³/mol. The number of methoxy groups -OCH3 is 1. The monoisotopic (exact) mass is 153 g/mol. The lowest BCUT2D eigenvalue weighted by Gasteiger charge is -2.09. The summed E-state index contributed by atoms with van der Waals surface area (Å²) in [5, 5.41) is 10.0. The highest BCUT2D eigenvalue weighted by atomic mass is 16.5. The van der Waals surface area contributed by atoms with Crippen molar-refractivity contribution in [3.63, 3.8) is 0 Å². The summed E-state index contributed by atoms with van der Waals surface area (Å²) in [7, 11) is 3.18. The Morgan fingerprint density at radius 2 is 1.82 bits per heavy atom. The SMILES string of the molecule is COc1ccc(N(C)O)cc1. The molecule has 1 N–H and O–H groups in total. The Morgan fingerprint density at radius 3 is 2.18 bits per heavy atom. The van der Waals surface area contributed by atoms with Crippen LogP contribution in [0.5, 0.6) is 5.75 Å². The molecule has 0 bridgehead atoms. The van der Waals surface area contributed by atoms with Crippen LogP contribution in [-0.4, -0.2) is 19.4 Å². The smallest absolute Gasteiger partial charge is 0.119 e. The predicted octanol–water partition coefficient (Wildman–Crippen LogP) is 1.52. The molecule has 0 aliphatic heterocycles. The van der Waals surface area contributed by atoms with Crippen molar-refractivity contribution >= 4 is 5.69 Å². The summed E-state index contributed by atoms with van der Waals surface area (Å²) in [5.74, 6) is 0.788. The van der Waals surface area contributed by atoms with Gasteiger partial charge in [0.2, 0.25) is 0 Å². The number of rotatable bonds is 2. The molecule has 0 spiro atoms. The maximum absolute atomic E-state index is 8.98. The fourth-order valence-electron chi connectivity index (χ4n) is 0.798. The number of nitrogens with zero attached hydrogens (tertiary/aromatic N) is 1. The van der Waals surface area contributed by atoms with Crippen LogP contribution in [0, 0.1) is 0 Å². The molecule has 1 aromatic carbocycles. The van der Waals surface area contributed by atoms with Gasteiger partial charge in [-0.3, -0.25) is 10.3 Å². The van der Waals surface area contributed by atoms with Crippen LogP contribution in [0.15, 0.2) is 24.3 Å². The van der Waals surface area contributed by atoms with Gasteiger partial charge in [0, 0.05) is 7.05 Å². The molecule has 60 valence electrons. The van der Waals surface area contributed by atoms with Gasteiger partial charge in [-0.25, -0.2) is 0 Å². The lowest BCUT2D eigenvalue weighted by molar-refractivity contribution is 0.279. The first-order valence-corrected chi connectivity index (χ1v) is 3.30. The van der Waals surface area contributed by atoms with Crippen LogP contribution in [0.3, 0.4) is 0 Å². The molecular formula is C8H11NO2. The standard InChI is InChI=1S/C8H11NO2/c1-9(10)7-3-5-8(11-2)6-4-7/h3-6,10H,1-2H3. The zero-order valence-corrected chi connectivity index (χ0v) is 6.61. The molecule has 0 saturated heterocycles. The van der Waals surface area contributed by atoms with Crippen LogP contribution in [-0.2, 0) is 0 Å². The zero-order chi connectivity index (χ0) is 8.27. The van der Waals surface area contributed by atoms with Gasteiger partial charge >= 0.3 is 0 Å². The molecule has 11 heavy (non-hydrogen) atoms. The van der Waals surface area contributed by atoms with Crippen LogP contribution < -0.4 is 9.80 Å². The van der Waals surface area contributed by atoms with E-state index in [1.54, 1.807) is 38.4 Å². The molecule has 1 rings (SSSR count). The molecule has 3 heteroatoms. The average Bonchev–Trinajstić information content (AvgIpc) is 2.05. The van der Waals surface area contributed by atoms with E-state index < -0.39 is 0 Å². The number of hydrogen-bond donors (Lipinski definition) is 1. The minimum atomic E-state index is 0.741. The van der Waals surface area contributed by atoms with Gasteiger partial charge in [0.1, 0.15) is 5.75 Å². The largest absolute Gasteiger partial charge is 0.497 e. The maximum atomic E-state index is 8.98. The minimum absolute atomic E-state index is 0.741. The number of hydroxylamine groups is 1. The highest BCUT2D eigenvalue weighted by molar-refractivity contribution is 5.45. The maximum Gasteiger partial charge on any atom is 0.119 e. The van der Waals surface area contributed by atoms with Crippen LogP contribution in [0.2, 0.25) is 0 Å². The summed E-state index contributed by atoms with van der Waals surface area (Å²) < 4.78 is 4.95. The summed E-state index contributed by atoms with van der Waals surface area (Å²) in [6, 6.07) is 7.14. The normalized spacial score (nSPS) is 9.36. The number of ether oxygens (including phenoxy) is 1. The van der Waals surface area contributed by atoms with Crippen LogP contribution in [0.25, 0.3) is 0 Å². The van der Waals surface area contributed by atoms with E-state index in [1.807, 2.05) is 0 Å². The molecule has 0 atom stereocenters. The fourth-order valence-corrected chi connectivity index (χ4v) is 0.798. The van der Waals surface area contributed by atoms with Crippen LogP contribution >= 0.6 is 0 Å². The Morgan fingerprint density at radius 1 is 1.27 bits per heavy atom. The average molecular weight is 153 g/mol. The fraction of sp³-hybridized carbons (Fsp3) is 0.250. The van der Waals surface area contributed by atoms with Gasteiger partial charge in [-0.1, -0.05) is 0 Å². The van der Waals surface area contributed by atoms with E-state index in [-0.39, 0.29) is 0 Å². The summed E-state index contributed by atoms with van der Waals surface area (Å²) in [5.41, 5.74) is 0.741. The van der Waals surface area contributed by atoms with Gasteiger partial charge in [0.25, 0.3) is 0 Å². The molecule has 0 fully saturated rings. The lowest BCUT2D eigenvalue weighted by Crippen LogP contribution is -2.09. The topological polar surface area (TPSA) is 32.7 Å². The first-order chi connectivity index (χ1) is 5.24. The summed E-state index contributed by atoms with van der Waals surface area (Å²) in [6.45, 7) is 0. The molecule has 0 amide bonds. The van der Waals surface area contributed by atoms with E-state index in [0.717, 1.165) is 16.5 Å². The third kappa shape index (κ3) is 1.85. The van der Waals surface area contributed by atoms with Crippen molar-refractivity contribution in [3.8, 4) is 5.75 Å². The van der Waals surface area contributed by atoms with E-state index >= 15 is 0 Å². The van der Waals surface area contributed by atoms with Gasteiger partial charge in [0.05, 0.1) is 12.8 Å². The Balaban J connectivity index is 2.83. The molecule has 0 aromatic heterocycles. The number of benzene rings is 1. The molecular weight excluding hydrogens is 142 g/mol. The lowest BCUT2D eigenvalue weighted by atomic mass is 10.3. The minimum Gasteiger partial charge on any atom is -0.497 e. The van der Waals surface area contributed by atoms with E-state index in [9.17, 15) is 0 Å². The third-order valence-electron chi connectivity index (χ3n) is 1.45. The molecule has 0 unspecified atom stereocenters. The summed E-state index contributed by atoms with van der Waals surface area (Å²) in [4.78, 5) is 0. The van der Waals surface area contributed by atoms with Crippen molar-refractivity contribution in [1.29, 1.82) is 0 Å².